The molecule has 4 nitrogen and oxygen atoms in total. The molecule has 0 amide bonds. The van der Waals surface area contributed by atoms with E-state index in [1.165, 1.54) is 27.4 Å². The maximum Gasteiger partial charge on any atom is 0.220 e. The SMILES string of the molecule is Cc1cccc(-n2c3ccc(-n4c5ccccc5c5ccccc54)cc3n3c4ccccc4nc23)c1. The number of para-hydroxylation sites is 4. The predicted octanol–water partition coefficient (Wildman–Crippen LogP) is 7.84. The summed E-state index contributed by atoms with van der Waals surface area (Å²) in [4.78, 5) is 5.07. The van der Waals surface area contributed by atoms with Gasteiger partial charge >= 0.3 is 0 Å². The van der Waals surface area contributed by atoms with Gasteiger partial charge in [0.2, 0.25) is 5.78 Å². The van der Waals surface area contributed by atoms with E-state index in [9.17, 15) is 0 Å². The van der Waals surface area contributed by atoms with Crippen LogP contribution in [0.5, 0.6) is 0 Å². The van der Waals surface area contributed by atoms with Crippen molar-refractivity contribution >= 4 is 49.7 Å². The number of hydrogen-bond acceptors (Lipinski definition) is 1. The van der Waals surface area contributed by atoms with Crippen molar-refractivity contribution in [2.24, 2.45) is 0 Å². The summed E-state index contributed by atoms with van der Waals surface area (Å²) in [6.45, 7) is 2.13. The highest BCUT2D eigenvalue weighted by molar-refractivity contribution is 6.09. The van der Waals surface area contributed by atoms with Crippen molar-refractivity contribution in [1.82, 2.24) is 18.5 Å². The van der Waals surface area contributed by atoms with Crippen molar-refractivity contribution in [1.29, 1.82) is 0 Å². The van der Waals surface area contributed by atoms with Crippen LogP contribution < -0.4 is 0 Å². The molecule has 36 heavy (non-hydrogen) atoms. The average molecular weight is 463 g/mol. The van der Waals surface area contributed by atoms with Crippen LogP contribution in [0.2, 0.25) is 0 Å². The molecular formula is C32H22N4. The minimum atomic E-state index is 0.927. The van der Waals surface area contributed by atoms with Crippen LogP contribution in [0.3, 0.4) is 0 Å². The Morgan fingerprint density at radius 2 is 1.17 bits per heavy atom. The van der Waals surface area contributed by atoms with Gasteiger partial charge in [0.15, 0.2) is 0 Å². The Kier molecular flexibility index (Phi) is 3.84. The highest BCUT2D eigenvalue weighted by Crippen LogP contribution is 2.35. The lowest BCUT2D eigenvalue weighted by molar-refractivity contribution is 1.10. The average Bonchev–Trinajstić information content (AvgIpc) is 3.55. The number of aryl methyl sites for hydroxylation is 1. The summed E-state index contributed by atoms with van der Waals surface area (Å²) >= 11 is 0. The van der Waals surface area contributed by atoms with Gasteiger partial charge in [-0.1, -0.05) is 60.7 Å². The Morgan fingerprint density at radius 3 is 1.92 bits per heavy atom. The van der Waals surface area contributed by atoms with E-state index >= 15 is 0 Å². The fourth-order valence-electron chi connectivity index (χ4n) is 5.75. The largest absolute Gasteiger partial charge is 0.309 e. The third kappa shape index (κ3) is 2.56. The molecule has 3 heterocycles. The number of nitrogens with zero attached hydrogens (tertiary/aromatic N) is 4. The number of imidazole rings is 2. The molecule has 0 N–H and O–H groups in total. The van der Waals surface area contributed by atoms with Gasteiger partial charge in [-0.15, -0.1) is 0 Å². The first-order valence-corrected chi connectivity index (χ1v) is 12.3. The van der Waals surface area contributed by atoms with Gasteiger partial charge in [0.05, 0.1) is 33.1 Å². The van der Waals surface area contributed by atoms with E-state index in [0.717, 1.165) is 39.2 Å². The molecule has 0 unspecified atom stereocenters. The molecule has 0 fully saturated rings. The molecule has 8 rings (SSSR count). The van der Waals surface area contributed by atoms with Crippen molar-refractivity contribution in [3.05, 3.63) is 121 Å². The van der Waals surface area contributed by atoms with Gasteiger partial charge in [-0.2, -0.15) is 0 Å². The lowest BCUT2D eigenvalue weighted by atomic mass is 10.2. The molecule has 0 saturated carbocycles. The molecule has 170 valence electrons. The molecule has 0 bridgehead atoms. The molecule has 0 aliphatic heterocycles. The Hall–Kier alpha value is -4.83. The fourth-order valence-corrected chi connectivity index (χ4v) is 5.75. The summed E-state index contributed by atoms with van der Waals surface area (Å²) in [6.07, 6.45) is 0. The molecular weight excluding hydrogens is 440 g/mol. The van der Waals surface area contributed by atoms with E-state index in [0.29, 0.717) is 0 Å². The lowest BCUT2D eigenvalue weighted by Gasteiger charge is -2.10. The Bertz CT molecular complexity index is 2070. The van der Waals surface area contributed by atoms with Gasteiger partial charge in [-0.05, 0) is 67.1 Å². The summed E-state index contributed by atoms with van der Waals surface area (Å²) in [5.74, 6) is 0.927. The molecule has 0 spiro atoms. The molecule has 0 aliphatic carbocycles. The van der Waals surface area contributed by atoms with Crippen molar-refractivity contribution in [2.75, 3.05) is 0 Å². The number of fused-ring (bicyclic) bond motifs is 8. The molecule has 3 aromatic heterocycles. The molecule has 0 aliphatic rings. The second kappa shape index (κ2) is 7.09. The van der Waals surface area contributed by atoms with E-state index in [2.05, 4.69) is 136 Å². The summed E-state index contributed by atoms with van der Waals surface area (Å²) in [6, 6.07) is 41.1. The molecule has 4 heteroatoms. The Labute approximate surface area is 207 Å². The quantitative estimate of drug-likeness (QED) is 0.257. The van der Waals surface area contributed by atoms with Gasteiger partial charge in [0.1, 0.15) is 0 Å². The van der Waals surface area contributed by atoms with E-state index in [-0.39, 0.29) is 0 Å². The van der Waals surface area contributed by atoms with Crippen LogP contribution in [-0.2, 0) is 0 Å². The lowest BCUT2D eigenvalue weighted by Crippen LogP contribution is -1.96. The van der Waals surface area contributed by atoms with Crippen LogP contribution in [0, 0.1) is 6.92 Å². The highest BCUT2D eigenvalue weighted by Gasteiger charge is 2.19. The van der Waals surface area contributed by atoms with Gasteiger partial charge in [-0.25, -0.2) is 4.98 Å². The van der Waals surface area contributed by atoms with Crippen LogP contribution >= 0.6 is 0 Å². The summed E-state index contributed by atoms with van der Waals surface area (Å²) in [5.41, 5.74) is 10.3. The smallest absolute Gasteiger partial charge is 0.220 e. The molecule has 0 atom stereocenters. The zero-order valence-electron chi connectivity index (χ0n) is 19.8. The first-order chi connectivity index (χ1) is 17.8. The summed E-state index contributed by atoms with van der Waals surface area (Å²) < 4.78 is 6.95. The standard InChI is InChI=1S/C32H22N4/c1-21-9-8-10-22(19-21)35-30-18-17-23(20-31(30)36-29-16-7-4-13-26(29)33-32(35)36)34-27-14-5-2-11-24(27)25-12-3-6-15-28(25)34/h2-20H,1H3. The monoisotopic (exact) mass is 462 g/mol. The van der Waals surface area contributed by atoms with E-state index in [1.54, 1.807) is 0 Å². The van der Waals surface area contributed by atoms with Crippen LogP contribution in [0.15, 0.2) is 115 Å². The summed E-state index contributed by atoms with van der Waals surface area (Å²) in [7, 11) is 0. The van der Waals surface area contributed by atoms with Crippen LogP contribution in [-0.4, -0.2) is 18.5 Å². The van der Waals surface area contributed by atoms with E-state index in [4.69, 9.17) is 4.98 Å². The number of benzene rings is 5. The zero-order valence-corrected chi connectivity index (χ0v) is 19.8. The van der Waals surface area contributed by atoms with E-state index < -0.39 is 0 Å². The minimum Gasteiger partial charge on any atom is -0.309 e. The fraction of sp³-hybridized carbons (Fsp3) is 0.0312. The second-order valence-electron chi connectivity index (χ2n) is 9.45. The van der Waals surface area contributed by atoms with Gasteiger partial charge in [-0.3, -0.25) is 8.97 Å². The van der Waals surface area contributed by atoms with Crippen molar-refractivity contribution < 1.29 is 0 Å². The molecule has 5 aromatic carbocycles. The predicted molar refractivity (Wildman–Crippen MR) is 149 cm³/mol. The molecule has 8 aromatic rings. The first-order valence-electron chi connectivity index (χ1n) is 12.3. The molecule has 0 radical (unpaired) electrons. The maximum atomic E-state index is 5.07. The van der Waals surface area contributed by atoms with Crippen LogP contribution in [0.1, 0.15) is 5.56 Å². The Balaban J connectivity index is 1.52. The van der Waals surface area contributed by atoms with Gasteiger partial charge < -0.3 is 4.57 Å². The zero-order chi connectivity index (χ0) is 23.8. The van der Waals surface area contributed by atoms with Crippen molar-refractivity contribution in [3.8, 4) is 11.4 Å². The van der Waals surface area contributed by atoms with Crippen molar-refractivity contribution in [2.45, 2.75) is 6.92 Å². The number of hydrogen-bond donors (Lipinski definition) is 0. The normalized spacial score (nSPS) is 12.0. The van der Waals surface area contributed by atoms with Crippen LogP contribution in [0.4, 0.5) is 0 Å². The number of aromatic nitrogens is 4. The van der Waals surface area contributed by atoms with Gasteiger partial charge in [0, 0.05) is 22.1 Å². The van der Waals surface area contributed by atoms with Gasteiger partial charge in [0.25, 0.3) is 0 Å². The number of rotatable bonds is 2. The topological polar surface area (TPSA) is 27.2 Å². The van der Waals surface area contributed by atoms with Crippen molar-refractivity contribution in [3.63, 3.8) is 0 Å². The minimum absolute atomic E-state index is 0.927. The molecule has 0 saturated heterocycles. The van der Waals surface area contributed by atoms with Crippen LogP contribution in [0.25, 0.3) is 61.0 Å². The summed E-state index contributed by atoms with van der Waals surface area (Å²) in [5, 5.41) is 2.53. The third-order valence-corrected chi connectivity index (χ3v) is 7.28. The maximum absolute atomic E-state index is 5.07. The highest BCUT2D eigenvalue weighted by atomic mass is 15.2. The Morgan fingerprint density at radius 1 is 0.500 bits per heavy atom. The second-order valence-corrected chi connectivity index (χ2v) is 9.45. The first kappa shape index (κ1) is 19.5. The van der Waals surface area contributed by atoms with E-state index in [1.807, 2.05) is 0 Å². The third-order valence-electron chi connectivity index (χ3n) is 7.28.